The molecule has 2 heterocycles. The number of hydrogen-bond donors (Lipinski definition) is 1. The highest BCUT2D eigenvalue weighted by atomic mass is 31.2. The number of nitro groups is 1. The van der Waals surface area contributed by atoms with Crippen LogP contribution >= 0.6 is 7.75 Å². The summed E-state index contributed by atoms with van der Waals surface area (Å²) in [7, 11) is -4.13. The third kappa shape index (κ3) is 7.09. The van der Waals surface area contributed by atoms with E-state index in [0.29, 0.717) is 42.4 Å². The standard InChI is InChI=1S/C26H28N3O7P/c1-20-17-21(9-8-16-30)18-25(28(20)19-24-14-15-26(34-24)29(31)32)27-37(33,35-22-10-4-2-5-11-22)36-23-12-6-3-7-13-23/h2-7,10-15,17,20,30H,8-9,16,18-19H2,1H3/b27-25-. The van der Waals surface area contributed by atoms with Crippen LogP contribution in [0.5, 0.6) is 11.5 Å². The number of amidine groups is 1. The number of aliphatic hydroxyl groups is 1. The zero-order valence-corrected chi connectivity index (χ0v) is 21.2. The van der Waals surface area contributed by atoms with Gasteiger partial charge in [-0.3, -0.25) is 10.1 Å². The SMILES string of the molecule is CC1C=C(CCCO)C/C(=N/P(=O)(Oc2ccccc2)Oc2ccccc2)N1Cc1ccc([N+](=O)[O-])o1. The van der Waals surface area contributed by atoms with Crippen molar-refractivity contribution in [1.82, 2.24) is 4.90 Å². The fourth-order valence-corrected chi connectivity index (χ4v) is 5.35. The second-order valence-electron chi connectivity index (χ2n) is 8.49. The van der Waals surface area contributed by atoms with Crippen molar-refractivity contribution in [3.63, 3.8) is 0 Å². The highest BCUT2D eigenvalue weighted by Crippen LogP contribution is 2.51. The fraction of sp³-hybridized carbons (Fsp3) is 0.269. The van der Waals surface area contributed by atoms with Crippen molar-refractivity contribution in [2.24, 2.45) is 4.76 Å². The predicted molar refractivity (Wildman–Crippen MR) is 139 cm³/mol. The molecule has 4 rings (SSSR count). The molecule has 0 radical (unpaired) electrons. The lowest BCUT2D eigenvalue weighted by Crippen LogP contribution is -2.40. The van der Waals surface area contributed by atoms with Crippen molar-refractivity contribution >= 4 is 19.5 Å². The van der Waals surface area contributed by atoms with Crippen LogP contribution < -0.4 is 9.05 Å². The van der Waals surface area contributed by atoms with Gasteiger partial charge in [0.05, 0.1) is 12.6 Å². The van der Waals surface area contributed by atoms with E-state index in [1.165, 1.54) is 12.1 Å². The molecular formula is C26H28N3O7P. The molecule has 1 unspecified atom stereocenters. The molecule has 194 valence electrons. The summed E-state index contributed by atoms with van der Waals surface area (Å²) in [6, 6.07) is 19.9. The number of hydrogen-bond acceptors (Lipinski definition) is 7. The van der Waals surface area contributed by atoms with E-state index in [2.05, 4.69) is 4.76 Å². The van der Waals surface area contributed by atoms with Gasteiger partial charge in [-0.15, -0.1) is 4.76 Å². The molecule has 11 heteroatoms. The summed E-state index contributed by atoms with van der Waals surface area (Å²) in [5.74, 6) is 1.10. The monoisotopic (exact) mass is 525 g/mol. The third-order valence-corrected chi connectivity index (χ3v) is 7.02. The maximum Gasteiger partial charge on any atom is 0.564 e. The van der Waals surface area contributed by atoms with E-state index in [1.54, 1.807) is 48.5 Å². The Kier molecular flexibility index (Phi) is 8.43. The number of furan rings is 1. The summed E-state index contributed by atoms with van der Waals surface area (Å²) in [6.07, 6.45) is 3.61. The Balaban J connectivity index is 1.72. The van der Waals surface area contributed by atoms with Gasteiger partial charge in [-0.2, -0.15) is 0 Å². The van der Waals surface area contributed by atoms with Crippen LogP contribution in [0.2, 0.25) is 0 Å². The number of benzene rings is 2. The van der Waals surface area contributed by atoms with E-state index < -0.39 is 12.7 Å². The summed E-state index contributed by atoms with van der Waals surface area (Å²) in [4.78, 5) is 12.3. The molecule has 1 aliphatic rings. The molecule has 1 atom stereocenters. The summed E-state index contributed by atoms with van der Waals surface area (Å²) in [5.41, 5.74) is 1.02. The van der Waals surface area contributed by atoms with Gasteiger partial charge in [0.25, 0.3) is 0 Å². The minimum Gasteiger partial charge on any atom is -0.404 e. The third-order valence-electron chi connectivity index (χ3n) is 5.66. The highest BCUT2D eigenvalue weighted by molar-refractivity contribution is 7.53. The number of para-hydroxylation sites is 2. The molecule has 0 fully saturated rings. The Bertz CT molecular complexity index is 1260. The Labute approximate surface area is 214 Å². The summed E-state index contributed by atoms with van der Waals surface area (Å²) >= 11 is 0. The molecule has 1 aromatic heterocycles. The Morgan fingerprint density at radius 2 is 1.70 bits per heavy atom. The Morgan fingerprint density at radius 1 is 1.08 bits per heavy atom. The number of rotatable bonds is 11. The van der Waals surface area contributed by atoms with Gasteiger partial charge in [-0.25, -0.2) is 4.57 Å². The first-order valence-corrected chi connectivity index (χ1v) is 13.3. The topological polar surface area (TPSA) is 128 Å². The maximum absolute atomic E-state index is 14.1. The molecular weight excluding hydrogens is 497 g/mol. The van der Waals surface area contributed by atoms with Gasteiger partial charge in [0, 0.05) is 19.1 Å². The van der Waals surface area contributed by atoms with Gasteiger partial charge in [-0.05, 0) is 50.1 Å². The van der Waals surface area contributed by atoms with Gasteiger partial charge >= 0.3 is 13.6 Å². The molecule has 0 spiro atoms. The van der Waals surface area contributed by atoms with Crippen molar-refractivity contribution in [2.75, 3.05) is 6.61 Å². The van der Waals surface area contributed by atoms with Gasteiger partial charge in [-0.1, -0.05) is 48.0 Å². The van der Waals surface area contributed by atoms with E-state index >= 15 is 0 Å². The van der Waals surface area contributed by atoms with Crippen molar-refractivity contribution in [3.05, 3.63) is 100 Å². The van der Waals surface area contributed by atoms with E-state index in [1.807, 2.05) is 30.0 Å². The fourth-order valence-electron chi connectivity index (χ4n) is 3.98. The second-order valence-corrected chi connectivity index (χ2v) is 9.99. The molecule has 0 saturated heterocycles. The van der Waals surface area contributed by atoms with Crippen molar-refractivity contribution in [1.29, 1.82) is 0 Å². The molecule has 0 saturated carbocycles. The van der Waals surface area contributed by atoms with E-state index in [4.69, 9.17) is 13.5 Å². The molecule has 3 aromatic rings. The van der Waals surface area contributed by atoms with Crippen LogP contribution in [-0.4, -0.2) is 33.4 Å². The summed E-state index contributed by atoms with van der Waals surface area (Å²) < 4.78 is 35.7. The molecule has 2 aromatic carbocycles. The Hall–Kier alpha value is -3.88. The molecule has 1 aliphatic heterocycles. The molecule has 0 amide bonds. The van der Waals surface area contributed by atoms with Crippen LogP contribution in [0.15, 0.2) is 93.6 Å². The number of nitrogens with zero attached hydrogens (tertiary/aromatic N) is 3. The van der Waals surface area contributed by atoms with Crippen molar-refractivity contribution in [3.8, 4) is 11.5 Å². The van der Waals surface area contributed by atoms with Gasteiger partial charge < -0.3 is 23.5 Å². The zero-order chi connectivity index (χ0) is 26.3. The van der Waals surface area contributed by atoms with Crippen LogP contribution in [0, 0.1) is 10.1 Å². The lowest BCUT2D eigenvalue weighted by molar-refractivity contribution is -0.402. The van der Waals surface area contributed by atoms with Crippen LogP contribution in [-0.2, 0) is 11.1 Å². The smallest absolute Gasteiger partial charge is 0.404 e. The van der Waals surface area contributed by atoms with E-state index in [0.717, 1.165) is 5.57 Å². The van der Waals surface area contributed by atoms with Gasteiger partial charge in [0.15, 0.2) is 0 Å². The first-order chi connectivity index (χ1) is 17.8. The van der Waals surface area contributed by atoms with Gasteiger partial charge in [0.1, 0.15) is 28.0 Å². The average molecular weight is 525 g/mol. The van der Waals surface area contributed by atoms with Crippen molar-refractivity contribution < 1.29 is 28.1 Å². The average Bonchev–Trinajstić information content (AvgIpc) is 3.35. The van der Waals surface area contributed by atoms with Gasteiger partial charge in [0.2, 0.25) is 0 Å². The largest absolute Gasteiger partial charge is 0.564 e. The minimum absolute atomic E-state index is 0.0463. The van der Waals surface area contributed by atoms with Crippen LogP contribution in [0.3, 0.4) is 0 Å². The molecule has 0 bridgehead atoms. The number of aliphatic hydroxyl groups excluding tert-OH is 1. The first-order valence-electron chi connectivity index (χ1n) is 11.8. The minimum atomic E-state index is -4.13. The van der Waals surface area contributed by atoms with Crippen molar-refractivity contribution in [2.45, 2.75) is 38.8 Å². The summed E-state index contributed by atoms with van der Waals surface area (Å²) in [5, 5.41) is 20.4. The quantitative estimate of drug-likeness (QED) is 0.137. The maximum atomic E-state index is 14.1. The molecule has 0 aliphatic carbocycles. The molecule has 37 heavy (non-hydrogen) atoms. The molecule has 1 N–H and O–H groups in total. The lowest BCUT2D eigenvalue weighted by atomic mass is 9.98. The van der Waals surface area contributed by atoms with E-state index in [-0.39, 0.29) is 25.1 Å². The summed E-state index contributed by atoms with van der Waals surface area (Å²) in [6.45, 7) is 2.14. The lowest BCUT2D eigenvalue weighted by Gasteiger charge is -2.35. The normalized spacial score (nSPS) is 16.9. The highest BCUT2D eigenvalue weighted by Gasteiger charge is 2.34. The predicted octanol–water partition coefficient (Wildman–Crippen LogP) is 6.15. The first kappa shape index (κ1) is 26.2. The Morgan fingerprint density at radius 3 is 2.24 bits per heavy atom. The van der Waals surface area contributed by atoms with Crippen LogP contribution in [0.1, 0.15) is 31.9 Å². The van der Waals surface area contributed by atoms with Crippen LogP contribution in [0.25, 0.3) is 0 Å². The zero-order valence-electron chi connectivity index (χ0n) is 20.3. The molecule has 10 nitrogen and oxygen atoms in total. The second kappa shape index (κ2) is 11.9. The van der Waals surface area contributed by atoms with Crippen LogP contribution in [0.4, 0.5) is 5.88 Å². The van der Waals surface area contributed by atoms with E-state index in [9.17, 15) is 19.8 Å².